The maximum absolute atomic E-state index is 13.9. The van der Waals surface area contributed by atoms with Gasteiger partial charge in [0, 0.05) is 43.3 Å². The van der Waals surface area contributed by atoms with Gasteiger partial charge in [-0.3, -0.25) is 4.79 Å². The van der Waals surface area contributed by atoms with Crippen molar-refractivity contribution < 1.29 is 4.79 Å². The molecule has 204 valence electrons. The van der Waals surface area contributed by atoms with Gasteiger partial charge in [-0.15, -0.1) is 0 Å². The fraction of sp³-hybridized carbons (Fsp3) is 0.500. The largest absolute Gasteiger partial charge is 0.354 e. The quantitative estimate of drug-likeness (QED) is 0.366. The average Bonchev–Trinajstić information content (AvgIpc) is 3.26. The summed E-state index contributed by atoms with van der Waals surface area (Å²) in [5.74, 6) is 1.20. The second-order valence-electron chi connectivity index (χ2n) is 11.6. The second-order valence-corrected chi connectivity index (χ2v) is 11.6. The van der Waals surface area contributed by atoms with E-state index in [2.05, 4.69) is 99.3 Å². The maximum atomic E-state index is 13.9. The first-order valence-corrected chi connectivity index (χ1v) is 14.2. The third-order valence-electron chi connectivity index (χ3n) is 7.99. The number of piperazine rings is 1. The van der Waals surface area contributed by atoms with E-state index in [-0.39, 0.29) is 17.4 Å². The van der Waals surface area contributed by atoms with Crippen molar-refractivity contribution in [3.63, 3.8) is 0 Å². The molecule has 6 nitrogen and oxygen atoms in total. The number of rotatable bonds is 8. The van der Waals surface area contributed by atoms with Gasteiger partial charge in [0.05, 0.1) is 17.9 Å². The molecular formula is C32H45N5O. The molecule has 38 heavy (non-hydrogen) atoms. The summed E-state index contributed by atoms with van der Waals surface area (Å²) in [5.41, 5.74) is 5.19. The number of aromatic nitrogens is 2. The molecule has 0 saturated carbocycles. The van der Waals surface area contributed by atoms with E-state index in [1.165, 1.54) is 5.56 Å². The van der Waals surface area contributed by atoms with E-state index in [1.807, 2.05) is 23.1 Å². The van der Waals surface area contributed by atoms with E-state index in [4.69, 9.17) is 5.10 Å². The lowest BCUT2D eigenvalue weighted by molar-refractivity contribution is 0.0671. The Morgan fingerprint density at radius 2 is 1.61 bits per heavy atom. The van der Waals surface area contributed by atoms with Crippen LogP contribution in [0.3, 0.4) is 0 Å². The van der Waals surface area contributed by atoms with Crippen LogP contribution in [0.25, 0.3) is 5.69 Å². The van der Waals surface area contributed by atoms with Gasteiger partial charge in [0.2, 0.25) is 0 Å². The van der Waals surface area contributed by atoms with Crippen molar-refractivity contribution in [1.29, 1.82) is 0 Å². The predicted molar refractivity (Wildman–Crippen MR) is 157 cm³/mol. The van der Waals surface area contributed by atoms with Gasteiger partial charge in [0.15, 0.2) is 0 Å². The van der Waals surface area contributed by atoms with Gasteiger partial charge in [0.1, 0.15) is 5.82 Å². The van der Waals surface area contributed by atoms with Crippen LogP contribution in [0.5, 0.6) is 0 Å². The lowest BCUT2D eigenvalue weighted by Gasteiger charge is -2.37. The molecule has 0 aliphatic carbocycles. The van der Waals surface area contributed by atoms with Gasteiger partial charge >= 0.3 is 0 Å². The number of carbonyl (C=O) groups excluding carboxylic acids is 1. The summed E-state index contributed by atoms with van der Waals surface area (Å²) >= 11 is 0. The van der Waals surface area contributed by atoms with E-state index >= 15 is 0 Å². The summed E-state index contributed by atoms with van der Waals surface area (Å²) in [4.78, 5) is 20.9. The monoisotopic (exact) mass is 515 g/mol. The fourth-order valence-corrected chi connectivity index (χ4v) is 5.18. The Morgan fingerprint density at radius 3 is 2.16 bits per heavy atom. The Kier molecular flexibility index (Phi) is 8.61. The Morgan fingerprint density at radius 1 is 0.974 bits per heavy atom. The molecule has 1 amide bonds. The first kappa shape index (κ1) is 27.9. The van der Waals surface area contributed by atoms with E-state index in [0.717, 1.165) is 67.5 Å². The highest BCUT2D eigenvalue weighted by Gasteiger charge is 2.29. The van der Waals surface area contributed by atoms with E-state index in [1.54, 1.807) is 0 Å². The van der Waals surface area contributed by atoms with E-state index in [9.17, 15) is 4.79 Å². The molecule has 0 bridgehead atoms. The highest BCUT2D eigenvalue weighted by Crippen LogP contribution is 2.31. The fourth-order valence-electron chi connectivity index (χ4n) is 5.18. The van der Waals surface area contributed by atoms with Crippen molar-refractivity contribution >= 4 is 11.7 Å². The Bertz CT molecular complexity index is 1200. The minimum Gasteiger partial charge on any atom is -0.354 e. The van der Waals surface area contributed by atoms with Crippen molar-refractivity contribution in [2.45, 2.75) is 72.9 Å². The number of nitrogens with zero attached hydrogens (tertiary/aromatic N) is 5. The smallest absolute Gasteiger partial charge is 0.254 e. The number of anilines is 1. The normalized spacial score (nSPS) is 15.5. The van der Waals surface area contributed by atoms with Crippen LogP contribution in [0.1, 0.15) is 75.1 Å². The van der Waals surface area contributed by atoms with Crippen LogP contribution in [0.4, 0.5) is 5.82 Å². The number of aryl methyl sites for hydroxylation is 1. The molecule has 0 unspecified atom stereocenters. The molecule has 0 spiro atoms. The summed E-state index contributed by atoms with van der Waals surface area (Å²) < 4.78 is 2.09. The van der Waals surface area contributed by atoms with E-state index in [0.29, 0.717) is 6.54 Å². The summed E-state index contributed by atoms with van der Waals surface area (Å²) in [6.45, 7) is 20.8. The minimum atomic E-state index is 0.0534. The van der Waals surface area contributed by atoms with Crippen molar-refractivity contribution in [2.75, 3.05) is 37.6 Å². The average molecular weight is 516 g/mol. The van der Waals surface area contributed by atoms with E-state index < -0.39 is 0 Å². The van der Waals surface area contributed by atoms with Crippen molar-refractivity contribution in [3.8, 4) is 5.69 Å². The van der Waals surface area contributed by atoms with Crippen LogP contribution in [0, 0.1) is 6.92 Å². The molecule has 2 heterocycles. The molecule has 2 aromatic carbocycles. The molecular weight excluding hydrogens is 470 g/mol. The Labute approximate surface area is 229 Å². The van der Waals surface area contributed by atoms with Gasteiger partial charge < -0.3 is 14.7 Å². The zero-order valence-electron chi connectivity index (χ0n) is 24.4. The Balaban J connectivity index is 1.72. The molecule has 4 rings (SSSR count). The van der Waals surface area contributed by atoms with Crippen LogP contribution in [-0.2, 0) is 12.0 Å². The van der Waals surface area contributed by atoms with Crippen LogP contribution in [0.15, 0.2) is 54.6 Å². The molecule has 0 radical (unpaired) electrons. The maximum Gasteiger partial charge on any atom is 0.254 e. The molecule has 1 saturated heterocycles. The van der Waals surface area contributed by atoms with Crippen molar-refractivity contribution in [1.82, 2.24) is 19.6 Å². The summed E-state index contributed by atoms with van der Waals surface area (Å²) in [7, 11) is 0. The van der Waals surface area contributed by atoms with Crippen LogP contribution in [-0.4, -0.2) is 64.3 Å². The molecule has 1 fully saturated rings. The first-order chi connectivity index (χ1) is 18.1. The summed E-state index contributed by atoms with van der Waals surface area (Å²) in [6.07, 6.45) is 0.891. The first-order valence-electron chi connectivity index (χ1n) is 14.2. The number of benzene rings is 2. The van der Waals surface area contributed by atoms with Gasteiger partial charge in [-0.05, 0) is 62.1 Å². The third kappa shape index (κ3) is 5.96. The van der Waals surface area contributed by atoms with Gasteiger partial charge in [-0.25, -0.2) is 4.68 Å². The molecule has 3 aromatic rings. The minimum absolute atomic E-state index is 0.0534. The van der Waals surface area contributed by atoms with Crippen LogP contribution >= 0.6 is 0 Å². The van der Waals surface area contributed by atoms with Crippen molar-refractivity contribution in [2.24, 2.45) is 0 Å². The van der Waals surface area contributed by atoms with Gasteiger partial charge in [-0.2, -0.15) is 5.10 Å². The lowest BCUT2D eigenvalue weighted by Crippen LogP contribution is -2.47. The highest BCUT2D eigenvalue weighted by atomic mass is 16.2. The lowest BCUT2D eigenvalue weighted by atomic mass is 9.86. The molecule has 1 aromatic heterocycles. The topological polar surface area (TPSA) is 44.6 Å². The van der Waals surface area contributed by atoms with Crippen LogP contribution in [0.2, 0.25) is 0 Å². The number of hydrogen-bond acceptors (Lipinski definition) is 4. The summed E-state index contributed by atoms with van der Waals surface area (Å²) in [6, 6.07) is 18.6. The Hall–Kier alpha value is -3.12. The molecule has 6 heteroatoms. The molecule has 0 N–H and O–H groups in total. The zero-order chi connectivity index (χ0) is 27.4. The number of amides is 1. The SMILES string of the molecule is CC[C@@H](C)N(Cc1c(C)nn(-c2ccccc2)c1N1CCN(CC)CC1)C(=O)c1ccc(C(C)(C)C)cc1. The van der Waals surface area contributed by atoms with Crippen molar-refractivity contribution in [3.05, 3.63) is 77.0 Å². The van der Waals surface area contributed by atoms with Crippen LogP contribution < -0.4 is 4.90 Å². The predicted octanol–water partition coefficient (Wildman–Crippen LogP) is 6.06. The van der Waals surface area contributed by atoms with Gasteiger partial charge in [0.25, 0.3) is 5.91 Å². The standard InChI is InChI=1S/C32H45N5O/c1-8-24(3)36(31(38)26-15-17-27(18-16-26)32(5,6)7)23-29-25(4)33-37(28-13-11-10-12-14-28)30(29)35-21-19-34(9-2)20-22-35/h10-18,24H,8-9,19-23H2,1-7H3/t24-/m1/s1. The second kappa shape index (κ2) is 11.7. The number of para-hydroxylation sites is 1. The number of likely N-dealkylation sites (N-methyl/N-ethyl adjacent to an activating group) is 1. The summed E-state index contributed by atoms with van der Waals surface area (Å²) in [5, 5.41) is 5.03. The number of hydrogen-bond donors (Lipinski definition) is 0. The molecule has 1 aliphatic rings. The van der Waals surface area contributed by atoms with Gasteiger partial charge in [-0.1, -0.05) is 65.0 Å². The highest BCUT2D eigenvalue weighted by molar-refractivity contribution is 5.94. The number of carbonyl (C=O) groups is 1. The molecule has 1 aliphatic heterocycles. The molecule has 1 atom stereocenters. The third-order valence-corrected chi connectivity index (χ3v) is 7.99. The zero-order valence-corrected chi connectivity index (χ0v) is 24.4.